The van der Waals surface area contributed by atoms with Gasteiger partial charge < -0.3 is 4.42 Å². The van der Waals surface area contributed by atoms with E-state index in [0.29, 0.717) is 0 Å². The van der Waals surface area contributed by atoms with Gasteiger partial charge >= 0.3 is 0 Å². The SMILES string of the molecule is CC1(C)c2ccccc2-c2c1cc1sc3ccccc3c1c2-c1ccc2ccc3c(-c4cccc5oc6ccccc6c45)ccc4ccc1c2c43. The van der Waals surface area contributed by atoms with Crippen molar-refractivity contribution in [2.45, 2.75) is 19.3 Å². The Labute approximate surface area is 298 Å². The molecule has 0 saturated heterocycles. The molecule has 2 heterocycles. The van der Waals surface area contributed by atoms with Crippen LogP contribution in [-0.2, 0) is 5.41 Å². The van der Waals surface area contributed by atoms with Gasteiger partial charge in [0.1, 0.15) is 11.2 Å². The first-order valence-corrected chi connectivity index (χ1v) is 18.6. The second-order valence-corrected chi connectivity index (χ2v) is 15.8. The zero-order valence-electron chi connectivity index (χ0n) is 28.2. The standard InChI is InChI=1S/C49H30OS/c1-49(2)37-14-6-3-10-34(37)46-38(49)26-42-47(36-12-5-8-17-41(36)51-42)48(46)33-25-21-28-19-23-31-29(22-18-27-20-24-32(33)44(28)43(27)31)30-13-9-16-40-45(30)35-11-4-7-15-39(35)50-40/h3-26H,1-2H3. The van der Waals surface area contributed by atoms with E-state index >= 15 is 0 Å². The molecule has 0 atom stereocenters. The molecule has 51 heavy (non-hydrogen) atoms. The molecular weight excluding hydrogens is 637 g/mol. The van der Waals surface area contributed by atoms with Crippen LogP contribution in [0.2, 0.25) is 0 Å². The molecular formula is C49H30OS. The maximum Gasteiger partial charge on any atom is 0.136 e. The summed E-state index contributed by atoms with van der Waals surface area (Å²) in [5.41, 5.74) is 12.5. The first kappa shape index (κ1) is 27.8. The molecule has 1 nitrogen and oxygen atoms in total. The number of rotatable bonds is 2. The monoisotopic (exact) mass is 666 g/mol. The van der Waals surface area contributed by atoms with Crippen molar-refractivity contribution in [3.8, 4) is 33.4 Å². The van der Waals surface area contributed by atoms with E-state index in [1.807, 2.05) is 17.4 Å². The number of thiophene rings is 1. The van der Waals surface area contributed by atoms with Crippen molar-refractivity contribution in [3.63, 3.8) is 0 Å². The molecule has 238 valence electrons. The third-order valence-electron chi connectivity index (χ3n) is 11.8. The maximum atomic E-state index is 6.34. The van der Waals surface area contributed by atoms with Gasteiger partial charge in [-0.3, -0.25) is 0 Å². The molecule has 11 aromatic rings. The molecule has 0 spiro atoms. The molecule has 0 fully saturated rings. The van der Waals surface area contributed by atoms with Crippen LogP contribution < -0.4 is 0 Å². The van der Waals surface area contributed by atoms with E-state index in [1.54, 1.807) is 0 Å². The molecule has 2 heteroatoms. The summed E-state index contributed by atoms with van der Waals surface area (Å²) >= 11 is 1.92. The Morgan fingerprint density at radius 3 is 1.90 bits per heavy atom. The maximum absolute atomic E-state index is 6.34. The Hall–Kier alpha value is -5.96. The van der Waals surface area contributed by atoms with Crippen LogP contribution in [0, 0.1) is 0 Å². The van der Waals surface area contributed by atoms with Gasteiger partial charge in [0.25, 0.3) is 0 Å². The van der Waals surface area contributed by atoms with Gasteiger partial charge in [-0.25, -0.2) is 0 Å². The van der Waals surface area contributed by atoms with E-state index < -0.39 is 0 Å². The average molecular weight is 667 g/mol. The van der Waals surface area contributed by atoms with E-state index in [0.717, 1.165) is 16.6 Å². The highest BCUT2D eigenvalue weighted by Gasteiger charge is 2.38. The molecule has 0 aliphatic heterocycles. The summed E-state index contributed by atoms with van der Waals surface area (Å²) in [6.45, 7) is 4.80. The zero-order chi connectivity index (χ0) is 33.6. The third kappa shape index (κ3) is 3.50. The number of hydrogen-bond acceptors (Lipinski definition) is 2. The van der Waals surface area contributed by atoms with Crippen molar-refractivity contribution in [2.24, 2.45) is 0 Å². The fourth-order valence-corrected chi connectivity index (χ4v) is 10.7. The van der Waals surface area contributed by atoms with Crippen LogP contribution in [0.15, 0.2) is 150 Å². The summed E-state index contributed by atoms with van der Waals surface area (Å²) in [6.07, 6.45) is 0. The van der Waals surface area contributed by atoms with Crippen molar-refractivity contribution in [1.29, 1.82) is 0 Å². The number of hydrogen-bond donors (Lipinski definition) is 0. The lowest BCUT2D eigenvalue weighted by Gasteiger charge is -2.23. The lowest BCUT2D eigenvalue weighted by Crippen LogP contribution is -2.14. The fourth-order valence-electron chi connectivity index (χ4n) is 9.57. The summed E-state index contributed by atoms with van der Waals surface area (Å²) < 4.78 is 9.04. The molecule has 9 aromatic carbocycles. The number of benzene rings is 9. The number of furan rings is 1. The second kappa shape index (κ2) is 9.63. The normalized spacial score (nSPS) is 13.8. The Balaban J connectivity index is 1.22. The second-order valence-electron chi connectivity index (χ2n) is 14.7. The van der Waals surface area contributed by atoms with Crippen LogP contribution in [0.1, 0.15) is 25.0 Å². The summed E-state index contributed by atoms with van der Waals surface area (Å²) in [5.74, 6) is 0. The lowest BCUT2D eigenvalue weighted by molar-refractivity contribution is 0.661. The summed E-state index contributed by atoms with van der Waals surface area (Å²) in [6, 6.07) is 54.2. The van der Waals surface area contributed by atoms with Crippen molar-refractivity contribution < 1.29 is 4.42 Å². The van der Waals surface area contributed by atoms with E-state index in [-0.39, 0.29) is 5.41 Å². The largest absolute Gasteiger partial charge is 0.456 e. The van der Waals surface area contributed by atoms with Crippen molar-refractivity contribution in [3.05, 3.63) is 157 Å². The topological polar surface area (TPSA) is 13.1 Å². The Morgan fingerprint density at radius 2 is 1.06 bits per heavy atom. The molecule has 12 rings (SSSR count). The van der Waals surface area contributed by atoms with Crippen LogP contribution in [0.4, 0.5) is 0 Å². The van der Waals surface area contributed by atoms with Gasteiger partial charge in [-0.15, -0.1) is 11.3 Å². The first-order valence-electron chi connectivity index (χ1n) is 17.8. The van der Waals surface area contributed by atoms with Crippen LogP contribution in [0.5, 0.6) is 0 Å². The summed E-state index contributed by atoms with van der Waals surface area (Å²) in [5, 5.41) is 12.8. The van der Waals surface area contributed by atoms with Gasteiger partial charge in [0.15, 0.2) is 0 Å². The van der Waals surface area contributed by atoms with Gasteiger partial charge in [-0.2, -0.15) is 0 Å². The minimum Gasteiger partial charge on any atom is -0.456 e. The minimum atomic E-state index is -0.0952. The van der Waals surface area contributed by atoms with Gasteiger partial charge in [-0.05, 0) is 101 Å². The van der Waals surface area contributed by atoms with Crippen molar-refractivity contribution in [2.75, 3.05) is 0 Å². The van der Waals surface area contributed by atoms with Crippen molar-refractivity contribution in [1.82, 2.24) is 0 Å². The van der Waals surface area contributed by atoms with E-state index in [1.165, 1.54) is 102 Å². The highest BCUT2D eigenvalue weighted by Crippen LogP contribution is 2.57. The Kier molecular flexibility index (Phi) is 5.25. The molecule has 0 bridgehead atoms. The van der Waals surface area contributed by atoms with E-state index in [2.05, 4.69) is 153 Å². The molecule has 1 aliphatic carbocycles. The molecule has 0 unspecified atom stereocenters. The summed E-state index contributed by atoms with van der Waals surface area (Å²) in [7, 11) is 0. The lowest BCUT2D eigenvalue weighted by atomic mass is 9.80. The third-order valence-corrected chi connectivity index (χ3v) is 13.0. The Bertz CT molecular complexity index is 3280. The smallest absolute Gasteiger partial charge is 0.136 e. The Morgan fingerprint density at radius 1 is 0.412 bits per heavy atom. The molecule has 0 amide bonds. The first-order chi connectivity index (χ1) is 25.1. The van der Waals surface area contributed by atoms with E-state index in [9.17, 15) is 0 Å². The van der Waals surface area contributed by atoms with E-state index in [4.69, 9.17) is 4.42 Å². The van der Waals surface area contributed by atoms with Gasteiger partial charge in [0.05, 0.1) is 0 Å². The van der Waals surface area contributed by atoms with Gasteiger partial charge in [-0.1, -0.05) is 135 Å². The minimum absolute atomic E-state index is 0.0952. The van der Waals surface area contributed by atoms with Crippen LogP contribution >= 0.6 is 11.3 Å². The molecule has 0 saturated carbocycles. The average Bonchev–Trinajstić information content (AvgIpc) is 3.81. The molecule has 2 aromatic heterocycles. The highest BCUT2D eigenvalue weighted by molar-refractivity contribution is 7.26. The zero-order valence-corrected chi connectivity index (χ0v) is 29.0. The molecule has 0 N–H and O–H groups in total. The predicted molar refractivity (Wildman–Crippen MR) is 219 cm³/mol. The van der Waals surface area contributed by atoms with Gasteiger partial charge in [0, 0.05) is 36.4 Å². The number of fused-ring (bicyclic) bond motifs is 9. The molecule has 0 radical (unpaired) electrons. The predicted octanol–water partition coefficient (Wildman–Crippen LogP) is 14.5. The van der Waals surface area contributed by atoms with Gasteiger partial charge in [0.2, 0.25) is 0 Å². The van der Waals surface area contributed by atoms with Crippen LogP contribution in [0.3, 0.4) is 0 Å². The van der Waals surface area contributed by atoms with Crippen LogP contribution in [0.25, 0.3) is 108 Å². The molecule has 1 aliphatic rings. The summed E-state index contributed by atoms with van der Waals surface area (Å²) in [4.78, 5) is 0. The van der Waals surface area contributed by atoms with Crippen LogP contribution in [-0.4, -0.2) is 0 Å². The quantitative estimate of drug-likeness (QED) is 0.167. The van der Waals surface area contributed by atoms with Crippen molar-refractivity contribution >= 4 is 85.8 Å². The highest BCUT2D eigenvalue weighted by atomic mass is 32.1. The fraction of sp³-hybridized carbons (Fsp3) is 0.0612. The number of para-hydroxylation sites is 1.